The molecule has 2 heterocycles. The topological polar surface area (TPSA) is 107 Å². The number of nitro groups is 1. The van der Waals surface area contributed by atoms with E-state index in [0.717, 1.165) is 6.20 Å². The molecule has 0 aliphatic carbocycles. The van der Waals surface area contributed by atoms with Crippen LogP contribution in [0.3, 0.4) is 0 Å². The van der Waals surface area contributed by atoms with Crippen LogP contribution in [-0.4, -0.2) is 26.6 Å². The molecule has 2 aromatic heterocycles. The Hall–Kier alpha value is -2.22. The van der Waals surface area contributed by atoms with E-state index in [4.69, 9.17) is 11.6 Å². The van der Waals surface area contributed by atoms with Crippen LogP contribution in [0.5, 0.6) is 0 Å². The van der Waals surface area contributed by atoms with Crippen molar-refractivity contribution in [2.75, 3.05) is 11.9 Å². The molecule has 18 heavy (non-hydrogen) atoms. The van der Waals surface area contributed by atoms with Crippen LogP contribution < -0.4 is 5.32 Å². The van der Waals surface area contributed by atoms with Gasteiger partial charge in [-0.15, -0.1) is 0 Å². The minimum Gasteiger partial charge on any atom is -0.368 e. The molecule has 9 heteroatoms. The summed E-state index contributed by atoms with van der Waals surface area (Å²) in [5.41, 5.74) is -0.149. The monoisotopic (exact) mass is 269 g/mol. The fourth-order valence-corrected chi connectivity index (χ4v) is 1.48. The van der Waals surface area contributed by atoms with Crippen molar-refractivity contribution in [3.63, 3.8) is 0 Å². The maximum atomic E-state index is 10.5. The molecule has 0 aliphatic heterocycles. The molecule has 0 aromatic carbocycles. The van der Waals surface area contributed by atoms with Gasteiger partial charge in [-0.1, -0.05) is 16.8 Å². The van der Waals surface area contributed by atoms with Crippen LogP contribution >= 0.6 is 11.6 Å². The summed E-state index contributed by atoms with van der Waals surface area (Å²) in [6, 6.07) is 1.24. The highest BCUT2D eigenvalue weighted by Gasteiger charge is 2.10. The highest BCUT2D eigenvalue weighted by molar-refractivity contribution is 6.33. The van der Waals surface area contributed by atoms with Crippen molar-refractivity contribution >= 4 is 23.1 Å². The number of anilines is 1. The lowest BCUT2D eigenvalue weighted by atomic mass is 10.3. The Bertz CT molecular complexity index is 545. The van der Waals surface area contributed by atoms with E-state index in [1.807, 2.05) is 0 Å². The first kappa shape index (κ1) is 12.2. The molecule has 94 valence electrons. The van der Waals surface area contributed by atoms with Crippen LogP contribution in [-0.2, 0) is 6.42 Å². The van der Waals surface area contributed by atoms with Crippen LogP contribution in [0.1, 0.15) is 5.82 Å². The molecule has 0 radical (unpaired) electrons. The van der Waals surface area contributed by atoms with Gasteiger partial charge in [0.15, 0.2) is 5.82 Å². The van der Waals surface area contributed by atoms with Gasteiger partial charge in [-0.3, -0.25) is 10.1 Å². The number of halogens is 1. The summed E-state index contributed by atoms with van der Waals surface area (Å²) in [5.74, 6) is 0.936. The van der Waals surface area contributed by atoms with Crippen molar-refractivity contribution in [1.29, 1.82) is 0 Å². The maximum absolute atomic E-state index is 10.5. The van der Waals surface area contributed by atoms with E-state index < -0.39 is 4.92 Å². The largest absolute Gasteiger partial charge is 0.368 e. The molecule has 8 nitrogen and oxygen atoms in total. The number of nitrogens with zero attached hydrogens (tertiary/aromatic N) is 4. The van der Waals surface area contributed by atoms with Crippen LogP contribution in [0.2, 0.25) is 5.02 Å². The summed E-state index contributed by atoms with van der Waals surface area (Å²) in [6.45, 7) is 0.490. The van der Waals surface area contributed by atoms with Crippen molar-refractivity contribution in [2.24, 2.45) is 0 Å². The quantitative estimate of drug-likeness (QED) is 0.650. The van der Waals surface area contributed by atoms with E-state index in [-0.39, 0.29) is 10.7 Å². The van der Waals surface area contributed by atoms with Gasteiger partial charge < -0.3 is 9.84 Å². The Morgan fingerprint density at radius 1 is 1.50 bits per heavy atom. The van der Waals surface area contributed by atoms with E-state index in [0.29, 0.717) is 24.6 Å². The highest BCUT2D eigenvalue weighted by atomic mass is 35.5. The molecule has 1 N–H and O–H groups in total. The van der Waals surface area contributed by atoms with Gasteiger partial charge in [-0.05, 0) is 0 Å². The second kappa shape index (κ2) is 5.41. The molecule has 2 rings (SSSR count). The zero-order chi connectivity index (χ0) is 13.0. The minimum atomic E-state index is -0.554. The number of aromatic nitrogens is 3. The molecule has 0 bridgehead atoms. The molecule has 0 unspecified atom stereocenters. The Labute approximate surface area is 106 Å². The standard InChI is InChI=1S/C9H8ClN5O3/c10-7-3-6(15(16)17)4-12-9(7)11-2-1-8-13-5-18-14-8/h3-5H,1-2H2,(H,11,12). The first-order chi connectivity index (χ1) is 8.66. The molecular weight excluding hydrogens is 262 g/mol. The maximum Gasteiger partial charge on any atom is 0.289 e. The van der Waals surface area contributed by atoms with E-state index >= 15 is 0 Å². The molecule has 0 amide bonds. The van der Waals surface area contributed by atoms with Gasteiger partial charge in [0.25, 0.3) is 5.69 Å². The second-order valence-electron chi connectivity index (χ2n) is 3.31. The predicted molar refractivity (Wildman–Crippen MR) is 62.4 cm³/mol. The predicted octanol–water partition coefficient (Wildman–Crippen LogP) is 1.68. The average Bonchev–Trinajstić information content (AvgIpc) is 2.84. The van der Waals surface area contributed by atoms with Gasteiger partial charge in [-0.25, -0.2) is 4.98 Å². The SMILES string of the molecule is O=[N+]([O-])c1cnc(NCCc2ncon2)c(Cl)c1. The Balaban J connectivity index is 1.95. The lowest BCUT2D eigenvalue weighted by Gasteiger charge is -2.05. The van der Waals surface area contributed by atoms with Gasteiger partial charge in [0.05, 0.1) is 9.95 Å². The fourth-order valence-electron chi connectivity index (χ4n) is 1.25. The third kappa shape index (κ3) is 2.92. The van der Waals surface area contributed by atoms with Gasteiger partial charge in [-0.2, -0.15) is 4.98 Å². The first-order valence-corrected chi connectivity index (χ1v) is 5.33. The smallest absolute Gasteiger partial charge is 0.289 e. The molecular formula is C9H8ClN5O3. The molecule has 0 atom stereocenters. The van der Waals surface area contributed by atoms with Gasteiger partial charge in [0, 0.05) is 19.0 Å². The zero-order valence-electron chi connectivity index (χ0n) is 9.04. The van der Waals surface area contributed by atoms with E-state index in [9.17, 15) is 10.1 Å². The summed E-state index contributed by atoms with van der Waals surface area (Å²) >= 11 is 5.85. The third-order valence-corrected chi connectivity index (χ3v) is 2.37. The molecule has 0 spiro atoms. The second-order valence-corrected chi connectivity index (χ2v) is 3.71. The van der Waals surface area contributed by atoms with Crippen LogP contribution in [0.4, 0.5) is 11.5 Å². The summed E-state index contributed by atoms with van der Waals surface area (Å²) in [5, 5.41) is 17.3. The number of rotatable bonds is 5. The summed E-state index contributed by atoms with van der Waals surface area (Å²) in [4.78, 5) is 17.7. The van der Waals surface area contributed by atoms with Crippen LogP contribution in [0, 0.1) is 10.1 Å². The number of hydrogen-bond acceptors (Lipinski definition) is 7. The van der Waals surface area contributed by atoms with Crippen molar-refractivity contribution in [3.05, 3.63) is 39.6 Å². The first-order valence-electron chi connectivity index (χ1n) is 4.96. The Morgan fingerprint density at radius 2 is 2.33 bits per heavy atom. The summed E-state index contributed by atoms with van der Waals surface area (Å²) in [6.07, 6.45) is 2.92. The average molecular weight is 270 g/mol. The molecule has 0 aliphatic rings. The van der Waals surface area contributed by atoms with Crippen molar-refractivity contribution in [1.82, 2.24) is 15.1 Å². The lowest BCUT2D eigenvalue weighted by Crippen LogP contribution is -2.07. The zero-order valence-corrected chi connectivity index (χ0v) is 9.79. The molecule has 0 saturated carbocycles. The lowest BCUT2D eigenvalue weighted by molar-refractivity contribution is -0.385. The van der Waals surface area contributed by atoms with Crippen LogP contribution in [0.15, 0.2) is 23.2 Å². The van der Waals surface area contributed by atoms with Crippen molar-refractivity contribution < 1.29 is 9.45 Å². The third-order valence-electron chi connectivity index (χ3n) is 2.09. The minimum absolute atomic E-state index is 0.149. The number of pyridine rings is 1. The summed E-state index contributed by atoms with van der Waals surface area (Å²) < 4.78 is 4.58. The van der Waals surface area contributed by atoms with E-state index in [1.165, 1.54) is 12.5 Å². The molecule has 2 aromatic rings. The van der Waals surface area contributed by atoms with Gasteiger partial charge in [0.2, 0.25) is 6.39 Å². The van der Waals surface area contributed by atoms with Crippen molar-refractivity contribution in [3.8, 4) is 0 Å². The highest BCUT2D eigenvalue weighted by Crippen LogP contribution is 2.23. The normalized spacial score (nSPS) is 10.3. The van der Waals surface area contributed by atoms with E-state index in [1.54, 1.807) is 0 Å². The fraction of sp³-hybridized carbons (Fsp3) is 0.222. The molecule has 0 fully saturated rings. The van der Waals surface area contributed by atoms with Crippen LogP contribution in [0.25, 0.3) is 0 Å². The number of hydrogen-bond donors (Lipinski definition) is 1. The molecule has 0 saturated heterocycles. The van der Waals surface area contributed by atoms with Gasteiger partial charge in [0.1, 0.15) is 12.0 Å². The number of nitrogens with one attached hydrogen (secondary N) is 1. The van der Waals surface area contributed by atoms with Gasteiger partial charge >= 0.3 is 0 Å². The van der Waals surface area contributed by atoms with E-state index in [2.05, 4.69) is 25.0 Å². The summed E-state index contributed by atoms with van der Waals surface area (Å²) in [7, 11) is 0. The Kier molecular flexibility index (Phi) is 3.68. The van der Waals surface area contributed by atoms with Crippen molar-refractivity contribution in [2.45, 2.75) is 6.42 Å². The Morgan fingerprint density at radius 3 is 2.94 bits per heavy atom.